The van der Waals surface area contributed by atoms with Crippen LogP contribution in [0, 0.1) is 0 Å². The van der Waals surface area contributed by atoms with E-state index in [4.69, 9.17) is 4.74 Å². The Balaban J connectivity index is 1.77. The van der Waals surface area contributed by atoms with Gasteiger partial charge < -0.3 is 10.1 Å². The predicted octanol–water partition coefficient (Wildman–Crippen LogP) is 3.77. The quantitative estimate of drug-likeness (QED) is 0.371. The summed E-state index contributed by atoms with van der Waals surface area (Å²) in [6.07, 6.45) is 0.815. The molecule has 0 radical (unpaired) electrons. The van der Waals surface area contributed by atoms with Crippen molar-refractivity contribution in [1.82, 2.24) is 19.8 Å². The Morgan fingerprint density at radius 1 is 1.24 bits per heavy atom. The number of ether oxygens (including phenoxy) is 1. The van der Waals surface area contributed by atoms with Crippen molar-refractivity contribution in [2.75, 3.05) is 25.1 Å². The number of benzene rings is 1. The molecule has 0 atom stereocenters. The highest BCUT2D eigenvalue weighted by Crippen LogP contribution is 2.31. The molecule has 0 saturated carbocycles. The third-order valence-corrected chi connectivity index (χ3v) is 7.37. The molecule has 0 aliphatic heterocycles. The van der Waals surface area contributed by atoms with Crippen LogP contribution in [0.25, 0.3) is 15.9 Å². The van der Waals surface area contributed by atoms with Gasteiger partial charge in [0.05, 0.1) is 15.1 Å². The van der Waals surface area contributed by atoms with Crippen LogP contribution in [0.3, 0.4) is 0 Å². The summed E-state index contributed by atoms with van der Waals surface area (Å²) >= 11 is 4.83. The van der Waals surface area contributed by atoms with Crippen LogP contribution in [-0.4, -0.2) is 48.0 Å². The summed E-state index contributed by atoms with van der Waals surface area (Å²) in [5, 5.41) is 13.1. The Labute approximate surface area is 180 Å². The molecule has 0 bridgehead atoms. The van der Waals surface area contributed by atoms with Crippen molar-refractivity contribution in [3.63, 3.8) is 0 Å². The average Bonchev–Trinajstić information content (AvgIpc) is 3.35. The summed E-state index contributed by atoms with van der Waals surface area (Å²) in [6, 6.07) is 8.29. The zero-order valence-electron chi connectivity index (χ0n) is 15.5. The molecule has 29 heavy (non-hydrogen) atoms. The second kappa shape index (κ2) is 8.34. The molecule has 0 aliphatic rings. The van der Waals surface area contributed by atoms with Gasteiger partial charge in [-0.15, -0.1) is 16.4 Å². The Bertz CT molecular complexity index is 1250. The Kier molecular flexibility index (Phi) is 5.81. The Morgan fingerprint density at radius 3 is 2.79 bits per heavy atom. The van der Waals surface area contributed by atoms with E-state index in [2.05, 4.69) is 36.5 Å². The SMILES string of the molecule is CCOCCCNc1nc2c(S(=O)(=O)c3ccc(Br)cc3)nnn2c2ccsc12. The molecule has 11 heteroatoms. The zero-order chi connectivity index (χ0) is 20.4. The molecule has 0 aliphatic carbocycles. The number of anilines is 1. The van der Waals surface area contributed by atoms with Gasteiger partial charge in [-0.05, 0) is 49.1 Å². The first-order valence-electron chi connectivity index (χ1n) is 8.97. The van der Waals surface area contributed by atoms with Gasteiger partial charge in [-0.3, -0.25) is 0 Å². The average molecular weight is 496 g/mol. The van der Waals surface area contributed by atoms with Crippen LogP contribution >= 0.6 is 27.3 Å². The number of hydrogen-bond acceptors (Lipinski definition) is 8. The van der Waals surface area contributed by atoms with Crippen LogP contribution in [0.5, 0.6) is 0 Å². The van der Waals surface area contributed by atoms with Crippen LogP contribution in [0.2, 0.25) is 0 Å². The third-order valence-electron chi connectivity index (χ3n) is 4.26. The van der Waals surface area contributed by atoms with Crippen LogP contribution in [0.1, 0.15) is 13.3 Å². The summed E-state index contributed by atoms with van der Waals surface area (Å²) in [6.45, 7) is 3.94. The van der Waals surface area contributed by atoms with Crippen LogP contribution in [-0.2, 0) is 14.6 Å². The van der Waals surface area contributed by atoms with Gasteiger partial charge in [0.15, 0.2) is 5.65 Å². The van der Waals surface area contributed by atoms with E-state index >= 15 is 0 Å². The first kappa shape index (κ1) is 20.2. The van der Waals surface area contributed by atoms with E-state index in [1.54, 1.807) is 12.1 Å². The van der Waals surface area contributed by atoms with Crippen LogP contribution in [0.15, 0.2) is 50.1 Å². The monoisotopic (exact) mass is 495 g/mol. The first-order chi connectivity index (χ1) is 14.0. The molecule has 4 aromatic rings. The summed E-state index contributed by atoms with van der Waals surface area (Å²) in [5.74, 6) is 0.619. The van der Waals surface area contributed by atoms with Crippen molar-refractivity contribution in [2.24, 2.45) is 0 Å². The normalized spacial score (nSPS) is 12.1. The van der Waals surface area contributed by atoms with Crippen molar-refractivity contribution in [3.8, 4) is 0 Å². The fourth-order valence-electron chi connectivity index (χ4n) is 2.87. The largest absolute Gasteiger partial charge is 0.382 e. The number of sulfone groups is 1. The maximum absolute atomic E-state index is 13.1. The number of fused-ring (bicyclic) bond motifs is 3. The molecule has 0 saturated heterocycles. The van der Waals surface area contributed by atoms with Crippen LogP contribution < -0.4 is 5.32 Å². The molecule has 3 heterocycles. The van der Waals surface area contributed by atoms with E-state index in [0.717, 1.165) is 21.1 Å². The molecule has 152 valence electrons. The minimum absolute atomic E-state index is 0.140. The maximum atomic E-state index is 13.1. The molecule has 1 N–H and O–H groups in total. The van der Waals surface area contributed by atoms with E-state index in [-0.39, 0.29) is 15.6 Å². The van der Waals surface area contributed by atoms with Crippen molar-refractivity contribution >= 4 is 58.8 Å². The minimum Gasteiger partial charge on any atom is -0.382 e. The number of nitrogens with one attached hydrogen (secondary N) is 1. The zero-order valence-corrected chi connectivity index (χ0v) is 18.7. The number of hydrogen-bond donors (Lipinski definition) is 1. The van der Waals surface area contributed by atoms with Crippen molar-refractivity contribution in [1.29, 1.82) is 0 Å². The molecule has 1 aromatic carbocycles. The molecule has 4 rings (SSSR count). The lowest BCUT2D eigenvalue weighted by Crippen LogP contribution is -2.09. The fourth-order valence-corrected chi connectivity index (χ4v) is 5.20. The lowest BCUT2D eigenvalue weighted by atomic mass is 10.4. The highest BCUT2D eigenvalue weighted by Gasteiger charge is 2.27. The minimum atomic E-state index is -3.86. The highest BCUT2D eigenvalue weighted by molar-refractivity contribution is 9.10. The third kappa shape index (κ3) is 3.87. The second-order valence-corrected chi connectivity index (χ2v) is 9.86. The number of aromatic nitrogens is 4. The van der Waals surface area contributed by atoms with Gasteiger partial charge in [0, 0.05) is 24.2 Å². The Hall–Kier alpha value is -2.08. The first-order valence-corrected chi connectivity index (χ1v) is 12.1. The summed E-state index contributed by atoms with van der Waals surface area (Å²) in [5.41, 5.74) is 0.961. The molecule has 0 fully saturated rings. The van der Waals surface area contributed by atoms with E-state index in [9.17, 15) is 8.42 Å². The van der Waals surface area contributed by atoms with E-state index < -0.39 is 9.84 Å². The summed E-state index contributed by atoms with van der Waals surface area (Å²) < 4.78 is 34.8. The number of rotatable bonds is 8. The van der Waals surface area contributed by atoms with E-state index in [1.165, 1.54) is 28.0 Å². The predicted molar refractivity (Wildman–Crippen MR) is 115 cm³/mol. The lowest BCUT2D eigenvalue weighted by Gasteiger charge is -2.08. The topological polar surface area (TPSA) is 98.5 Å². The molecular formula is C18H18BrN5O3S2. The number of thiophene rings is 1. The maximum Gasteiger partial charge on any atom is 0.229 e. The van der Waals surface area contributed by atoms with Gasteiger partial charge in [-0.2, -0.15) is 4.52 Å². The number of nitrogens with zero attached hydrogens (tertiary/aromatic N) is 4. The number of halogens is 1. The molecule has 0 spiro atoms. The molecule has 8 nitrogen and oxygen atoms in total. The Morgan fingerprint density at radius 2 is 2.03 bits per heavy atom. The molecule has 0 amide bonds. The molecule has 0 unspecified atom stereocenters. The van der Waals surface area contributed by atoms with Gasteiger partial charge in [0.2, 0.25) is 14.9 Å². The second-order valence-electron chi connectivity index (χ2n) is 6.16. The summed E-state index contributed by atoms with van der Waals surface area (Å²) in [4.78, 5) is 4.71. The van der Waals surface area contributed by atoms with Gasteiger partial charge in [-0.25, -0.2) is 13.4 Å². The van der Waals surface area contributed by atoms with Gasteiger partial charge in [0.25, 0.3) is 0 Å². The van der Waals surface area contributed by atoms with Crippen molar-refractivity contribution in [3.05, 3.63) is 40.2 Å². The van der Waals surface area contributed by atoms with Crippen molar-refractivity contribution < 1.29 is 13.2 Å². The van der Waals surface area contributed by atoms with E-state index in [1.807, 2.05) is 18.4 Å². The van der Waals surface area contributed by atoms with Crippen molar-refractivity contribution in [2.45, 2.75) is 23.3 Å². The summed E-state index contributed by atoms with van der Waals surface area (Å²) in [7, 11) is -3.86. The smallest absolute Gasteiger partial charge is 0.229 e. The van der Waals surface area contributed by atoms with Gasteiger partial charge in [-0.1, -0.05) is 21.1 Å². The molecular weight excluding hydrogens is 478 g/mol. The molecule has 3 aromatic heterocycles. The fraction of sp³-hybridized carbons (Fsp3) is 0.278. The van der Waals surface area contributed by atoms with Crippen LogP contribution in [0.4, 0.5) is 5.82 Å². The standard InChI is InChI=1S/C18H18BrN5O3S2/c1-2-27-10-3-9-20-16-15-14(8-11-28-15)24-17(21-16)18(22-23-24)29(25,26)13-6-4-12(19)5-7-13/h4-8,11H,2-3,9-10H2,1H3,(H,20,21). The highest BCUT2D eigenvalue weighted by atomic mass is 79.9. The van der Waals surface area contributed by atoms with Gasteiger partial charge >= 0.3 is 0 Å². The lowest BCUT2D eigenvalue weighted by molar-refractivity contribution is 0.147. The van der Waals surface area contributed by atoms with Gasteiger partial charge in [0.1, 0.15) is 5.82 Å². The van der Waals surface area contributed by atoms with E-state index in [0.29, 0.717) is 25.6 Å².